The molecule has 4 aromatic carbocycles. The molecule has 0 aliphatic heterocycles. The molecule has 1 unspecified atom stereocenters. The van der Waals surface area contributed by atoms with E-state index >= 15 is 0 Å². The van der Waals surface area contributed by atoms with Crippen molar-refractivity contribution in [3.05, 3.63) is 154 Å². The Morgan fingerprint density at radius 1 is 0.606 bits per heavy atom. The van der Waals surface area contributed by atoms with Crippen LogP contribution in [0.2, 0.25) is 0 Å². The summed E-state index contributed by atoms with van der Waals surface area (Å²) in [5, 5.41) is 0. The molecule has 0 heterocycles. The van der Waals surface area contributed by atoms with Gasteiger partial charge in [0.1, 0.15) is 0 Å². The molecule has 33 heavy (non-hydrogen) atoms. The van der Waals surface area contributed by atoms with Gasteiger partial charge in [-0.05, 0) is 70.3 Å². The van der Waals surface area contributed by atoms with Gasteiger partial charge < -0.3 is 0 Å². The molecule has 2 aliphatic rings. The molecule has 0 amide bonds. The molecule has 160 valence electrons. The summed E-state index contributed by atoms with van der Waals surface area (Å²) in [6.45, 7) is 4.51. The maximum absolute atomic E-state index is 2.46. The van der Waals surface area contributed by atoms with Gasteiger partial charge in [0.15, 0.2) is 0 Å². The summed E-state index contributed by atoms with van der Waals surface area (Å²) >= 11 is 0. The van der Waals surface area contributed by atoms with E-state index in [1.54, 1.807) is 0 Å². The minimum Gasteiger partial charge on any atom is -0.0836 e. The predicted octanol–water partition coefficient (Wildman–Crippen LogP) is 8.27. The van der Waals surface area contributed by atoms with Gasteiger partial charge in [-0.3, -0.25) is 0 Å². The topological polar surface area (TPSA) is 0 Å². The normalized spacial score (nSPS) is 17.6. The Bertz CT molecular complexity index is 1370. The second-order valence-corrected chi connectivity index (χ2v) is 9.39. The van der Waals surface area contributed by atoms with Crippen molar-refractivity contribution in [3.8, 4) is 11.1 Å². The van der Waals surface area contributed by atoms with Crippen LogP contribution >= 0.6 is 0 Å². The van der Waals surface area contributed by atoms with Gasteiger partial charge in [0.2, 0.25) is 0 Å². The van der Waals surface area contributed by atoms with Crippen LogP contribution in [0.5, 0.6) is 0 Å². The van der Waals surface area contributed by atoms with Crippen molar-refractivity contribution in [2.24, 2.45) is 0 Å². The maximum atomic E-state index is 2.46. The third-order valence-electron chi connectivity index (χ3n) is 7.58. The lowest BCUT2D eigenvalue weighted by Crippen LogP contribution is -2.30. The SMILES string of the molecule is Cc1ccccc1C1(c2ccccc2C)c2ccccc2-c2cc(C3C=CC=CC3)ccc21. The lowest BCUT2D eigenvalue weighted by atomic mass is 9.65. The molecule has 1 atom stereocenters. The Morgan fingerprint density at radius 2 is 1.21 bits per heavy atom. The zero-order valence-corrected chi connectivity index (χ0v) is 19.3. The summed E-state index contributed by atoms with van der Waals surface area (Å²) in [4.78, 5) is 0. The number of allylic oxidation sites excluding steroid dienone is 4. The van der Waals surface area contributed by atoms with Crippen molar-refractivity contribution in [1.29, 1.82) is 0 Å². The summed E-state index contributed by atoms with van der Waals surface area (Å²) < 4.78 is 0. The maximum Gasteiger partial charge on any atom is 0.0718 e. The molecule has 0 saturated carbocycles. The molecule has 0 spiro atoms. The van der Waals surface area contributed by atoms with Gasteiger partial charge in [0, 0.05) is 5.92 Å². The highest BCUT2D eigenvalue weighted by molar-refractivity contribution is 5.87. The fourth-order valence-corrected chi connectivity index (χ4v) is 6.07. The zero-order chi connectivity index (χ0) is 22.4. The van der Waals surface area contributed by atoms with Crippen molar-refractivity contribution in [2.45, 2.75) is 31.6 Å². The Labute approximate surface area is 196 Å². The van der Waals surface area contributed by atoms with Crippen LogP contribution in [0.4, 0.5) is 0 Å². The van der Waals surface area contributed by atoms with E-state index in [4.69, 9.17) is 0 Å². The monoisotopic (exact) mass is 424 g/mol. The highest BCUT2D eigenvalue weighted by Gasteiger charge is 2.47. The number of fused-ring (bicyclic) bond motifs is 3. The lowest BCUT2D eigenvalue weighted by molar-refractivity contribution is 0.752. The van der Waals surface area contributed by atoms with E-state index in [1.807, 2.05) is 0 Å². The van der Waals surface area contributed by atoms with Gasteiger partial charge in [0.05, 0.1) is 5.41 Å². The number of hydrogen-bond acceptors (Lipinski definition) is 0. The van der Waals surface area contributed by atoms with Crippen LogP contribution < -0.4 is 0 Å². The van der Waals surface area contributed by atoms with Crippen molar-refractivity contribution in [3.63, 3.8) is 0 Å². The van der Waals surface area contributed by atoms with E-state index < -0.39 is 0 Å². The molecule has 0 bridgehead atoms. The molecular formula is C33H28. The Morgan fingerprint density at radius 3 is 1.85 bits per heavy atom. The molecule has 0 radical (unpaired) electrons. The summed E-state index contributed by atoms with van der Waals surface area (Å²) in [5.74, 6) is 0.444. The summed E-state index contributed by atoms with van der Waals surface area (Å²) in [7, 11) is 0. The van der Waals surface area contributed by atoms with Crippen LogP contribution in [0.15, 0.2) is 115 Å². The van der Waals surface area contributed by atoms with Gasteiger partial charge in [-0.25, -0.2) is 0 Å². The van der Waals surface area contributed by atoms with Crippen molar-refractivity contribution >= 4 is 0 Å². The minimum atomic E-state index is -0.316. The number of hydrogen-bond donors (Lipinski definition) is 0. The van der Waals surface area contributed by atoms with Crippen LogP contribution in [-0.2, 0) is 5.41 Å². The molecule has 6 rings (SSSR count). The highest BCUT2D eigenvalue weighted by Crippen LogP contribution is 2.57. The molecule has 0 fully saturated rings. The van der Waals surface area contributed by atoms with Crippen molar-refractivity contribution < 1.29 is 0 Å². The van der Waals surface area contributed by atoms with Gasteiger partial charge in [-0.1, -0.05) is 115 Å². The van der Waals surface area contributed by atoms with Gasteiger partial charge in [-0.2, -0.15) is 0 Å². The lowest BCUT2D eigenvalue weighted by Gasteiger charge is -2.36. The van der Waals surface area contributed by atoms with Crippen LogP contribution in [0.1, 0.15) is 51.3 Å². The van der Waals surface area contributed by atoms with Crippen molar-refractivity contribution in [1.82, 2.24) is 0 Å². The first-order valence-electron chi connectivity index (χ1n) is 11.9. The molecular weight excluding hydrogens is 396 g/mol. The molecule has 0 aromatic heterocycles. The first-order chi connectivity index (χ1) is 16.2. The number of rotatable bonds is 3. The fraction of sp³-hybridized carbons (Fsp3) is 0.152. The van der Waals surface area contributed by atoms with E-state index in [0.29, 0.717) is 5.92 Å². The smallest absolute Gasteiger partial charge is 0.0718 e. The average molecular weight is 425 g/mol. The molecule has 0 N–H and O–H groups in total. The second kappa shape index (κ2) is 7.74. The number of aryl methyl sites for hydroxylation is 2. The Hall–Kier alpha value is -3.64. The summed E-state index contributed by atoms with van der Waals surface area (Å²) in [5.41, 5.74) is 12.0. The Balaban J connectivity index is 1.72. The fourth-order valence-electron chi connectivity index (χ4n) is 6.07. The molecule has 4 aromatic rings. The third-order valence-corrected chi connectivity index (χ3v) is 7.58. The summed E-state index contributed by atoms with van der Waals surface area (Å²) in [6.07, 6.45) is 10.0. The number of benzene rings is 4. The van der Waals surface area contributed by atoms with Crippen LogP contribution in [0.25, 0.3) is 11.1 Å². The standard InChI is InChI=1S/C33H28/c1-23-12-6-9-17-29(23)33(30-18-10-7-13-24(30)2)31-19-11-8-16-27(31)28-22-26(20-21-32(28)33)25-14-4-3-5-15-25/h3-14,16-22,25H,15H2,1-2H3. The minimum absolute atomic E-state index is 0.316. The van der Waals surface area contributed by atoms with Gasteiger partial charge in [0.25, 0.3) is 0 Å². The largest absolute Gasteiger partial charge is 0.0836 e. The van der Waals surface area contributed by atoms with Crippen LogP contribution in [0, 0.1) is 13.8 Å². The molecule has 0 nitrogen and oxygen atoms in total. The summed E-state index contributed by atoms with van der Waals surface area (Å²) in [6, 6.07) is 34.1. The Kier molecular flexibility index (Phi) is 4.69. The quantitative estimate of drug-likeness (QED) is 0.273. The first kappa shape index (κ1) is 20.0. The second-order valence-electron chi connectivity index (χ2n) is 9.39. The van der Waals surface area contributed by atoms with E-state index in [9.17, 15) is 0 Å². The first-order valence-corrected chi connectivity index (χ1v) is 11.9. The predicted molar refractivity (Wildman–Crippen MR) is 139 cm³/mol. The van der Waals surface area contributed by atoms with Gasteiger partial charge in [-0.15, -0.1) is 0 Å². The highest BCUT2D eigenvalue weighted by atomic mass is 14.5. The van der Waals surface area contributed by atoms with Crippen molar-refractivity contribution in [2.75, 3.05) is 0 Å². The van der Waals surface area contributed by atoms with Gasteiger partial charge >= 0.3 is 0 Å². The third kappa shape index (κ3) is 2.91. The molecule has 0 heteroatoms. The zero-order valence-electron chi connectivity index (χ0n) is 19.3. The van der Waals surface area contributed by atoms with E-state index in [1.165, 1.54) is 50.1 Å². The van der Waals surface area contributed by atoms with E-state index in [2.05, 4.69) is 129 Å². The molecule has 0 saturated heterocycles. The van der Waals surface area contributed by atoms with E-state index in [-0.39, 0.29) is 5.41 Å². The van der Waals surface area contributed by atoms with Crippen LogP contribution in [-0.4, -0.2) is 0 Å². The van der Waals surface area contributed by atoms with Crippen LogP contribution in [0.3, 0.4) is 0 Å². The average Bonchev–Trinajstić information content (AvgIpc) is 3.16. The molecule has 2 aliphatic carbocycles. The van der Waals surface area contributed by atoms with E-state index in [0.717, 1.165) is 6.42 Å².